The molecule has 8 heteroatoms. The molecule has 3 heterocycles. The zero-order chi connectivity index (χ0) is 20.1. The summed E-state index contributed by atoms with van der Waals surface area (Å²) in [7, 11) is 0.335. The van der Waals surface area contributed by atoms with Crippen molar-refractivity contribution in [1.82, 2.24) is 9.88 Å². The predicted molar refractivity (Wildman–Crippen MR) is 115 cm³/mol. The van der Waals surface area contributed by atoms with Crippen molar-refractivity contribution in [1.29, 1.82) is 0 Å². The van der Waals surface area contributed by atoms with Crippen LogP contribution in [-0.4, -0.2) is 64.8 Å². The van der Waals surface area contributed by atoms with E-state index in [4.69, 9.17) is 14.6 Å². The fraction of sp³-hybridized carbons (Fsp3) is 0.600. The van der Waals surface area contributed by atoms with Gasteiger partial charge in [0.15, 0.2) is 0 Å². The average molecular weight is 425 g/mol. The van der Waals surface area contributed by atoms with E-state index in [9.17, 15) is 4.79 Å². The zero-order valence-corrected chi connectivity index (χ0v) is 18.5. The molecule has 6 nitrogen and oxygen atoms in total. The number of ether oxygens (including phenoxy) is 2. The van der Waals surface area contributed by atoms with Crippen LogP contribution < -0.4 is 4.74 Å². The van der Waals surface area contributed by atoms with Gasteiger partial charge in [0.05, 0.1) is 29.9 Å². The number of fused-ring (bicyclic) bond motifs is 1. The summed E-state index contributed by atoms with van der Waals surface area (Å²) in [6.07, 6.45) is 2.10. The maximum absolute atomic E-state index is 12.3. The number of rotatable bonds is 4. The molecule has 2 atom stereocenters. The third kappa shape index (κ3) is 5.86. The van der Waals surface area contributed by atoms with E-state index in [-0.39, 0.29) is 17.9 Å². The summed E-state index contributed by atoms with van der Waals surface area (Å²) in [5.74, 6) is 0.839. The van der Waals surface area contributed by atoms with E-state index < -0.39 is 0 Å². The molecule has 154 valence electrons. The Morgan fingerprint density at radius 2 is 2.18 bits per heavy atom. The van der Waals surface area contributed by atoms with Crippen molar-refractivity contribution in [2.24, 2.45) is 0 Å². The third-order valence-corrected chi connectivity index (χ3v) is 6.67. The van der Waals surface area contributed by atoms with Crippen molar-refractivity contribution in [3.63, 3.8) is 0 Å². The summed E-state index contributed by atoms with van der Waals surface area (Å²) in [4.78, 5) is 18.6. The largest absolute Gasteiger partial charge is 0.484 e. The predicted octanol–water partition coefficient (Wildman–Crippen LogP) is 4.03. The van der Waals surface area contributed by atoms with Gasteiger partial charge in [-0.2, -0.15) is 0 Å². The zero-order valence-electron chi connectivity index (χ0n) is 16.7. The van der Waals surface area contributed by atoms with Crippen molar-refractivity contribution >= 4 is 35.8 Å². The van der Waals surface area contributed by atoms with Crippen LogP contribution in [0.25, 0.3) is 10.2 Å². The van der Waals surface area contributed by atoms with Gasteiger partial charge in [-0.05, 0) is 59.9 Å². The van der Waals surface area contributed by atoms with Gasteiger partial charge < -0.3 is 19.5 Å². The molecule has 0 radical (unpaired) electrons. The number of aliphatic hydroxyl groups excluding tert-OH is 1. The lowest BCUT2D eigenvalue weighted by molar-refractivity contribution is 0.0539. The van der Waals surface area contributed by atoms with Crippen LogP contribution in [0, 0.1) is 6.92 Å². The van der Waals surface area contributed by atoms with E-state index in [1.807, 2.05) is 16.5 Å². The smallest absolute Gasteiger partial charge is 0.241 e. The summed E-state index contributed by atoms with van der Waals surface area (Å²) < 4.78 is 12.7. The van der Waals surface area contributed by atoms with E-state index in [1.54, 1.807) is 25.2 Å². The van der Waals surface area contributed by atoms with Gasteiger partial charge in [-0.1, -0.05) is 0 Å². The molecule has 2 unspecified atom stereocenters. The number of benzene rings is 1. The quantitative estimate of drug-likeness (QED) is 0.751. The molecule has 0 aliphatic carbocycles. The fourth-order valence-corrected chi connectivity index (χ4v) is 5.19. The Kier molecular flexibility index (Phi) is 7.63. The Bertz CT molecular complexity index is 783. The molecule has 1 aromatic carbocycles. The molecule has 2 fully saturated rings. The monoisotopic (exact) mass is 424 g/mol. The molecule has 1 amide bonds. The summed E-state index contributed by atoms with van der Waals surface area (Å²) in [6.45, 7) is 8.45. The standard InChI is InChI=1S/C17H21N2O3PS.C3H8O/c1-11-5-14(16-15(6-11)24-10-18-16)22-12-7-19(8-12)17(20)23-13-3-2-4-21-9-13;1-3(2)4/h5-6,10,12-13,23H,2-4,7-9H2,1H3;3-4H,1-2H3. The van der Waals surface area contributed by atoms with Gasteiger partial charge in [-0.3, -0.25) is 4.79 Å². The normalized spacial score (nSPS) is 20.3. The van der Waals surface area contributed by atoms with E-state index in [2.05, 4.69) is 18.0 Å². The number of carbonyl (C=O) groups excluding carboxylic acids is 1. The fourth-order valence-electron chi connectivity index (χ4n) is 3.13. The highest BCUT2D eigenvalue weighted by atomic mass is 32.1. The number of aryl methyl sites for hydroxylation is 1. The molecule has 2 aromatic rings. The van der Waals surface area contributed by atoms with Crippen molar-refractivity contribution in [2.75, 3.05) is 26.3 Å². The minimum atomic E-state index is -0.167. The first-order valence-corrected chi connectivity index (χ1v) is 11.7. The van der Waals surface area contributed by atoms with Crippen LogP contribution >= 0.6 is 19.9 Å². The van der Waals surface area contributed by atoms with Crippen molar-refractivity contribution in [3.8, 4) is 5.75 Å². The molecule has 1 N–H and O–H groups in total. The van der Waals surface area contributed by atoms with E-state index in [1.165, 1.54) is 5.56 Å². The van der Waals surface area contributed by atoms with Gasteiger partial charge in [-0.15, -0.1) is 11.3 Å². The third-order valence-electron chi connectivity index (χ3n) is 4.46. The number of amides is 1. The number of aromatic nitrogens is 1. The summed E-state index contributed by atoms with van der Waals surface area (Å²) >= 11 is 1.63. The molecule has 2 aliphatic heterocycles. The van der Waals surface area contributed by atoms with E-state index in [0.29, 0.717) is 27.3 Å². The molecule has 0 bridgehead atoms. The number of thiazole rings is 1. The number of carbonyl (C=O) groups is 1. The van der Waals surface area contributed by atoms with Gasteiger partial charge in [-0.25, -0.2) is 4.98 Å². The Morgan fingerprint density at radius 3 is 2.86 bits per heavy atom. The molecule has 2 saturated heterocycles. The van der Waals surface area contributed by atoms with Crippen LogP contribution in [0.2, 0.25) is 0 Å². The van der Waals surface area contributed by atoms with Gasteiger partial charge in [0.25, 0.3) is 0 Å². The summed E-state index contributed by atoms with van der Waals surface area (Å²) in [6, 6.07) is 4.16. The van der Waals surface area contributed by atoms with Gasteiger partial charge in [0, 0.05) is 18.4 Å². The average Bonchev–Trinajstić information content (AvgIpc) is 3.06. The maximum atomic E-state index is 12.3. The minimum Gasteiger partial charge on any atom is -0.484 e. The molecule has 0 spiro atoms. The lowest BCUT2D eigenvalue weighted by Crippen LogP contribution is -2.55. The van der Waals surface area contributed by atoms with Crippen LogP contribution in [0.3, 0.4) is 0 Å². The van der Waals surface area contributed by atoms with Crippen LogP contribution in [0.4, 0.5) is 4.79 Å². The van der Waals surface area contributed by atoms with Crippen LogP contribution in [-0.2, 0) is 4.74 Å². The minimum absolute atomic E-state index is 0.0769. The topological polar surface area (TPSA) is 71.9 Å². The van der Waals surface area contributed by atoms with E-state index >= 15 is 0 Å². The van der Waals surface area contributed by atoms with Crippen molar-refractivity contribution < 1.29 is 19.4 Å². The molecule has 0 saturated carbocycles. The van der Waals surface area contributed by atoms with Crippen LogP contribution in [0.5, 0.6) is 5.75 Å². The Morgan fingerprint density at radius 1 is 1.43 bits per heavy atom. The number of nitrogens with zero attached hydrogens (tertiary/aromatic N) is 2. The number of hydrogen-bond donors (Lipinski definition) is 1. The highest BCUT2D eigenvalue weighted by Gasteiger charge is 2.34. The second-order valence-corrected chi connectivity index (χ2v) is 9.98. The second-order valence-electron chi connectivity index (χ2n) is 7.56. The summed E-state index contributed by atoms with van der Waals surface area (Å²) in [5.41, 5.74) is 4.62. The highest BCUT2D eigenvalue weighted by Crippen LogP contribution is 2.34. The van der Waals surface area contributed by atoms with E-state index in [0.717, 1.165) is 42.0 Å². The van der Waals surface area contributed by atoms with Gasteiger partial charge in [0.1, 0.15) is 17.4 Å². The number of likely N-dealkylation sites (tertiary alicyclic amines) is 1. The molecule has 4 rings (SSSR count). The maximum Gasteiger partial charge on any atom is 0.241 e. The molecule has 28 heavy (non-hydrogen) atoms. The van der Waals surface area contributed by atoms with Crippen LogP contribution in [0.15, 0.2) is 17.6 Å². The Balaban J connectivity index is 0.000000516. The number of aliphatic hydroxyl groups is 1. The van der Waals surface area contributed by atoms with Crippen molar-refractivity contribution in [2.45, 2.75) is 51.5 Å². The van der Waals surface area contributed by atoms with Gasteiger partial charge in [0.2, 0.25) is 5.65 Å². The molecule has 2 aliphatic rings. The second kappa shape index (κ2) is 9.97. The molecular formula is C20H29N2O4PS. The summed E-state index contributed by atoms with van der Waals surface area (Å²) in [5, 5.41) is 8.06. The first-order chi connectivity index (χ1) is 13.4. The molecular weight excluding hydrogens is 395 g/mol. The SMILES string of the molecule is CC(C)O.Cc1cc(OC2CN(C(=O)PC3CCCOC3)C2)c2ncsc2c1. The molecule has 1 aromatic heterocycles. The first kappa shape index (κ1) is 21.4. The Hall–Kier alpha value is -1.27. The number of hydrogen-bond acceptors (Lipinski definition) is 6. The lowest BCUT2D eigenvalue weighted by atomic mass is 10.1. The first-order valence-electron chi connectivity index (χ1n) is 9.74. The Labute approximate surface area is 172 Å². The van der Waals surface area contributed by atoms with Crippen LogP contribution in [0.1, 0.15) is 32.3 Å². The van der Waals surface area contributed by atoms with Gasteiger partial charge >= 0.3 is 0 Å². The highest BCUT2D eigenvalue weighted by molar-refractivity contribution is 7.58. The lowest BCUT2D eigenvalue weighted by Gasteiger charge is -2.39. The van der Waals surface area contributed by atoms with Crippen molar-refractivity contribution in [3.05, 3.63) is 23.2 Å².